The van der Waals surface area contributed by atoms with Gasteiger partial charge in [0.25, 0.3) is 0 Å². The average Bonchev–Trinajstić information content (AvgIpc) is 2.60. The van der Waals surface area contributed by atoms with Crippen molar-refractivity contribution in [2.24, 2.45) is 5.92 Å². The van der Waals surface area contributed by atoms with Gasteiger partial charge in [-0.05, 0) is 11.5 Å². The average molecular weight is 362 g/mol. The number of aliphatic hydroxyl groups is 1. The van der Waals surface area contributed by atoms with Crippen molar-refractivity contribution in [1.29, 1.82) is 0 Å². The van der Waals surface area contributed by atoms with E-state index in [0.717, 1.165) is 5.56 Å². The van der Waals surface area contributed by atoms with Gasteiger partial charge in [0.15, 0.2) is 5.60 Å². The monoisotopic (exact) mass is 362 g/mol. The second-order valence-electron chi connectivity index (χ2n) is 7.11. The summed E-state index contributed by atoms with van der Waals surface area (Å²) in [6.07, 6.45) is 0.157. The first-order valence-corrected chi connectivity index (χ1v) is 8.81. The number of benzene rings is 1. The maximum atomic E-state index is 12.8. The molecule has 0 radical (unpaired) electrons. The first-order chi connectivity index (χ1) is 12.2. The SMILES string of the molecule is CC(C)C(NC(=O)Cc1ccccc1)C(=O)N1CCC(O)(C(=O)O)CC1. The van der Waals surface area contributed by atoms with Gasteiger partial charge in [0.05, 0.1) is 6.42 Å². The van der Waals surface area contributed by atoms with E-state index in [4.69, 9.17) is 5.11 Å². The van der Waals surface area contributed by atoms with Crippen molar-refractivity contribution in [2.45, 2.75) is 44.8 Å². The lowest BCUT2D eigenvalue weighted by atomic mass is 9.90. The number of aliphatic carboxylic acids is 1. The summed E-state index contributed by atoms with van der Waals surface area (Å²) in [5.41, 5.74) is -0.912. The number of rotatable bonds is 6. The smallest absolute Gasteiger partial charge is 0.335 e. The third kappa shape index (κ3) is 4.82. The number of amides is 2. The van der Waals surface area contributed by atoms with Crippen LogP contribution >= 0.6 is 0 Å². The van der Waals surface area contributed by atoms with Crippen molar-refractivity contribution >= 4 is 17.8 Å². The van der Waals surface area contributed by atoms with Gasteiger partial charge in [-0.1, -0.05) is 44.2 Å². The molecule has 7 heteroatoms. The maximum absolute atomic E-state index is 12.8. The number of carboxylic acids is 1. The highest BCUT2D eigenvalue weighted by Crippen LogP contribution is 2.23. The van der Waals surface area contributed by atoms with Crippen molar-refractivity contribution in [1.82, 2.24) is 10.2 Å². The van der Waals surface area contributed by atoms with E-state index in [-0.39, 0.29) is 50.1 Å². The molecule has 0 bridgehead atoms. The molecule has 142 valence electrons. The number of hydrogen-bond acceptors (Lipinski definition) is 4. The summed E-state index contributed by atoms with van der Waals surface area (Å²) in [6.45, 7) is 4.00. The number of likely N-dealkylation sites (tertiary alicyclic amines) is 1. The minimum Gasteiger partial charge on any atom is -0.479 e. The maximum Gasteiger partial charge on any atom is 0.335 e. The van der Waals surface area contributed by atoms with E-state index in [1.54, 1.807) is 0 Å². The highest BCUT2D eigenvalue weighted by molar-refractivity contribution is 5.89. The number of carbonyl (C=O) groups is 3. The summed E-state index contributed by atoms with van der Waals surface area (Å²) in [5.74, 6) is -1.85. The summed E-state index contributed by atoms with van der Waals surface area (Å²) in [6, 6.07) is 8.60. The van der Waals surface area contributed by atoms with E-state index in [1.165, 1.54) is 4.90 Å². The third-order valence-corrected chi connectivity index (χ3v) is 4.76. The number of carbonyl (C=O) groups excluding carboxylic acids is 2. The lowest BCUT2D eigenvalue weighted by Crippen LogP contribution is -2.56. The van der Waals surface area contributed by atoms with Crippen LogP contribution < -0.4 is 5.32 Å². The predicted molar refractivity (Wildman–Crippen MR) is 95.3 cm³/mol. The Labute approximate surface area is 153 Å². The predicted octanol–water partition coefficient (Wildman–Crippen LogP) is 0.808. The van der Waals surface area contributed by atoms with Crippen molar-refractivity contribution in [3.05, 3.63) is 35.9 Å². The van der Waals surface area contributed by atoms with Crippen molar-refractivity contribution in [3.63, 3.8) is 0 Å². The van der Waals surface area contributed by atoms with Gasteiger partial charge in [-0.25, -0.2) is 4.79 Å². The van der Waals surface area contributed by atoms with Crippen LogP contribution in [0.25, 0.3) is 0 Å². The summed E-state index contributed by atoms with van der Waals surface area (Å²) in [5, 5.41) is 21.9. The molecule has 1 atom stereocenters. The van der Waals surface area contributed by atoms with Crippen LogP contribution in [0.5, 0.6) is 0 Å². The first-order valence-electron chi connectivity index (χ1n) is 8.81. The zero-order valence-electron chi connectivity index (χ0n) is 15.1. The molecule has 1 fully saturated rings. The second-order valence-corrected chi connectivity index (χ2v) is 7.11. The Hall–Kier alpha value is -2.41. The molecule has 1 saturated heterocycles. The number of hydrogen-bond donors (Lipinski definition) is 3. The summed E-state index contributed by atoms with van der Waals surface area (Å²) < 4.78 is 0. The highest BCUT2D eigenvalue weighted by Gasteiger charge is 2.41. The molecule has 7 nitrogen and oxygen atoms in total. The number of nitrogens with one attached hydrogen (secondary N) is 1. The Morgan fingerprint density at radius 1 is 1.15 bits per heavy atom. The van der Waals surface area contributed by atoms with E-state index in [1.807, 2.05) is 44.2 Å². The van der Waals surface area contributed by atoms with Crippen molar-refractivity contribution in [3.8, 4) is 0 Å². The van der Waals surface area contributed by atoms with Gasteiger partial charge in [0.1, 0.15) is 6.04 Å². The quantitative estimate of drug-likeness (QED) is 0.694. The molecule has 1 aromatic carbocycles. The minimum atomic E-state index is -1.78. The zero-order valence-corrected chi connectivity index (χ0v) is 15.1. The van der Waals surface area contributed by atoms with Gasteiger partial charge in [0.2, 0.25) is 11.8 Å². The van der Waals surface area contributed by atoms with Crippen LogP contribution in [0.3, 0.4) is 0 Å². The van der Waals surface area contributed by atoms with Crippen molar-refractivity contribution < 1.29 is 24.6 Å². The van der Waals surface area contributed by atoms with E-state index < -0.39 is 17.6 Å². The number of carboxylic acid groups (broad SMARTS) is 1. The summed E-state index contributed by atoms with van der Waals surface area (Å²) in [7, 11) is 0. The fourth-order valence-corrected chi connectivity index (χ4v) is 3.03. The van der Waals surface area contributed by atoms with Crippen LogP contribution in [0.1, 0.15) is 32.3 Å². The molecule has 1 aliphatic heterocycles. The molecule has 0 saturated carbocycles. The van der Waals surface area contributed by atoms with Gasteiger partial charge in [0, 0.05) is 25.9 Å². The van der Waals surface area contributed by atoms with Crippen LogP contribution in [-0.2, 0) is 20.8 Å². The molecule has 26 heavy (non-hydrogen) atoms. The number of piperidine rings is 1. The molecule has 0 aliphatic carbocycles. The Morgan fingerprint density at radius 3 is 2.23 bits per heavy atom. The number of nitrogens with zero attached hydrogens (tertiary/aromatic N) is 1. The molecule has 2 amide bonds. The molecule has 3 N–H and O–H groups in total. The molecule has 1 aliphatic rings. The van der Waals surface area contributed by atoms with Gasteiger partial charge in [-0.15, -0.1) is 0 Å². The molecular weight excluding hydrogens is 336 g/mol. The van der Waals surface area contributed by atoms with Gasteiger partial charge in [-0.3, -0.25) is 9.59 Å². The Kier molecular flexibility index (Phi) is 6.37. The molecule has 1 unspecified atom stereocenters. The molecular formula is C19H26N2O5. The fourth-order valence-electron chi connectivity index (χ4n) is 3.03. The van der Waals surface area contributed by atoms with E-state index in [9.17, 15) is 19.5 Å². The van der Waals surface area contributed by atoms with Crippen LogP contribution in [0.2, 0.25) is 0 Å². The van der Waals surface area contributed by atoms with Crippen LogP contribution in [0.4, 0.5) is 0 Å². The minimum absolute atomic E-state index is 0.0170. The largest absolute Gasteiger partial charge is 0.479 e. The second kappa shape index (κ2) is 8.31. The topological polar surface area (TPSA) is 107 Å². The van der Waals surface area contributed by atoms with Gasteiger partial charge >= 0.3 is 5.97 Å². The highest BCUT2D eigenvalue weighted by atomic mass is 16.4. The third-order valence-electron chi connectivity index (χ3n) is 4.76. The lowest BCUT2D eigenvalue weighted by Gasteiger charge is -2.37. The normalized spacial score (nSPS) is 17.6. The standard InChI is InChI=1S/C19H26N2O5/c1-13(2)16(20-15(22)12-14-6-4-3-5-7-14)17(23)21-10-8-19(26,9-11-21)18(24)25/h3-7,13,16,26H,8-12H2,1-2H3,(H,20,22)(H,24,25). The van der Waals surface area contributed by atoms with Crippen LogP contribution in [0.15, 0.2) is 30.3 Å². The summed E-state index contributed by atoms with van der Waals surface area (Å²) in [4.78, 5) is 37.7. The fraction of sp³-hybridized carbons (Fsp3) is 0.526. The summed E-state index contributed by atoms with van der Waals surface area (Å²) >= 11 is 0. The van der Waals surface area contributed by atoms with E-state index in [0.29, 0.717) is 0 Å². The van der Waals surface area contributed by atoms with Gasteiger partial charge < -0.3 is 20.4 Å². The Balaban J connectivity index is 1.97. The molecule has 1 aromatic rings. The molecule has 0 spiro atoms. The molecule has 1 heterocycles. The van der Waals surface area contributed by atoms with Crippen molar-refractivity contribution in [2.75, 3.05) is 13.1 Å². The van der Waals surface area contributed by atoms with E-state index in [2.05, 4.69) is 5.32 Å². The van der Waals surface area contributed by atoms with Crippen LogP contribution in [-0.4, -0.2) is 57.6 Å². The Bertz CT molecular complexity index is 651. The first kappa shape index (κ1) is 19.9. The van der Waals surface area contributed by atoms with E-state index >= 15 is 0 Å². The Morgan fingerprint density at radius 2 is 1.73 bits per heavy atom. The molecule has 2 rings (SSSR count). The zero-order chi connectivity index (χ0) is 19.3. The van der Waals surface area contributed by atoms with Crippen LogP contribution in [0, 0.1) is 5.92 Å². The van der Waals surface area contributed by atoms with Gasteiger partial charge in [-0.2, -0.15) is 0 Å². The molecule has 0 aromatic heterocycles. The lowest BCUT2D eigenvalue weighted by molar-refractivity contribution is -0.165.